The van der Waals surface area contributed by atoms with Crippen LogP contribution < -0.4 is 5.32 Å². The maximum atomic E-state index is 11.1. The van der Waals surface area contributed by atoms with E-state index in [1.54, 1.807) is 6.20 Å². The van der Waals surface area contributed by atoms with Crippen LogP contribution in [0.25, 0.3) is 0 Å². The standard InChI is InChI=1S/C12H21N3O2S/c1-4-13-11-5-6-14-12(9-11)10-15(2)7-8-18(3,16)17/h5-6,9H,4,7-8,10H2,1-3H3,(H,13,14). The van der Waals surface area contributed by atoms with Gasteiger partial charge in [0, 0.05) is 37.8 Å². The molecule has 0 unspecified atom stereocenters. The predicted molar refractivity (Wildman–Crippen MR) is 74.4 cm³/mol. The van der Waals surface area contributed by atoms with Gasteiger partial charge in [-0.2, -0.15) is 0 Å². The summed E-state index contributed by atoms with van der Waals surface area (Å²) in [6, 6.07) is 3.91. The van der Waals surface area contributed by atoms with E-state index in [0.29, 0.717) is 13.1 Å². The van der Waals surface area contributed by atoms with Crippen LogP contribution in [-0.2, 0) is 16.4 Å². The molecule has 0 bridgehead atoms. The predicted octanol–water partition coefficient (Wildman–Crippen LogP) is 0.990. The summed E-state index contributed by atoms with van der Waals surface area (Å²) in [4.78, 5) is 6.23. The average molecular weight is 271 g/mol. The molecule has 0 radical (unpaired) electrons. The summed E-state index contributed by atoms with van der Waals surface area (Å²) in [6.45, 7) is 4.08. The summed E-state index contributed by atoms with van der Waals surface area (Å²) < 4.78 is 22.2. The molecule has 1 rings (SSSR count). The first-order valence-corrected chi connectivity index (χ1v) is 8.02. The smallest absolute Gasteiger partial charge is 0.148 e. The lowest BCUT2D eigenvalue weighted by atomic mass is 10.3. The molecule has 0 saturated heterocycles. The zero-order chi connectivity index (χ0) is 13.6. The Kier molecular flexibility index (Phi) is 5.55. The zero-order valence-electron chi connectivity index (χ0n) is 11.2. The molecule has 0 aliphatic heterocycles. The first-order valence-electron chi connectivity index (χ1n) is 5.96. The molecule has 1 aromatic heterocycles. The number of aromatic nitrogens is 1. The Morgan fingerprint density at radius 1 is 1.44 bits per heavy atom. The molecule has 0 fully saturated rings. The largest absolute Gasteiger partial charge is 0.385 e. The van der Waals surface area contributed by atoms with Crippen LogP contribution in [0.3, 0.4) is 0 Å². The number of nitrogens with zero attached hydrogens (tertiary/aromatic N) is 2. The van der Waals surface area contributed by atoms with E-state index in [0.717, 1.165) is 17.9 Å². The number of pyridine rings is 1. The fourth-order valence-electron chi connectivity index (χ4n) is 1.56. The van der Waals surface area contributed by atoms with Crippen molar-refractivity contribution in [3.8, 4) is 0 Å². The van der Waals surface area contributed by atoms with E-state index < -0.39 is 9.84 Å². The second-order valence-electron chi connectivity index (χ2n) is 4.43. The van der Waals surface area contributed by atoms with E-state index in [-0.39, 0.29) is 5.75 Å². The van der Waals surface area contributed by atoms with E-state index in [1.165, 1.54) is 6.26 Å². The molecule has 0 amide bonds. The molecule has 5 nitrogen and oxygen atoms in total. The van der Waals surface area contributed by atoms with Gasteiger partial charge in [-0.05, 0) is 26.1 Å². The van der Waals surface area contributed by atoms with Gasteiger partial charge in [0.2, 0.25) is 0 Å². The van der Waals surface area contributed by atoms with Crippen LogP contribution in [0.1, 0.15) is 12.6 Å². The molecule has 1 N–H and O–H groups in total. The van der Waals surface area contributed by atoms with Crippen LogP contribution in [0.4, 0.5) is 5.69 Å². The number of hydrogen-bond acceptors (Lipinski definition) is 5. The number of anilines is 1. The highest BCUT2D eigenvalue weighted by Gasteiger charge is 2.07. The zero-order valence-corrected chi connectivity index (χ0v) is 12.0. The van der Waals surface area contributed by atoms with Crippen molar-refractivity contribution in [2.45, 2.75) is 13.5 Å². The number of rotatable bonds is 7. The Hall–Kier alpha value is -1.14. The number of hydrogen-bond donors (Lipinski definition) is 1. The van der Waals surface area contributed by atoms with Gasteiger partial charge in [-0.1, -0.05) is 0 Å². The highest BCUT2D eigenvalue weighted by molar-refractivity contribution is 7.90. The Labute approximate surface area is 109 Å². The Balaban J connectivity index is 2.53. The van der Waals surface area contributed by atoms with E-state index in [1.807, 2.05) is 31.0 Å². The number of sulfone groups is 1. The van der Waals surface area contributed by atoms with Crippen molar-refractivity contribution in [2.24, 2.45) is 0 Å². The van der Waals surface area contributed by atoms with Crippen molar-refractivity contribution < 1.29 is 8.42 Å². The summed E-state index contributed by atoms with van der Waals surface area (Å²) in [5.41, 5.74) is 1.98. The topological polar surface area (TPSA) is 62.3 Å². The highest BCUT2D eigenvalue weighted by atomic mass is 32.2. The van der Waals surface area contributed by atoms with Crippen LogP contribution in [0.15, 0.2) is 18.3 Å². The van der Waals surface area contributed by atoms with Gasteiger partial charge in [0.15, 0.2) is 0 Å². The molecule has 0 aromatic carbocycles. The van der Waals surface area contributed by atoms with E-state index >= 15 is 0 Å². The van der Waals surface area contributed by atoms with E-state index in [9.17, 15) is 8.42 Å². The summed E-state index contributed by atoms with van der Waals surface area (Å²) in [7, 11) is -1.01. The summed E-state index contributed by atoms with van der Waals surface area (Å²) in [5, 5.41) is 3.22. The Bertz CT molecular complexity index is 474. The summed E-state index contributed by atoms with van der Waals surface area (Å²) >= 11 is 0. The fourth-order valence-corrected chi connectivity index (χ4v) is 2.20. The van der Waals surface area contributed by atoms with Crippen LogP contribution in [-0.4, -0.2) is 50.4 Å². The maximum absolute atomic E-state index is 11.1. The van der Waals surface area contributed by atoms with Crippen LogP contribution in [0, 0.1) is 0 Å². The van der Waals surface area contributed by atoms with Gasteiger partial charge in [-0.3, -0.25) is 9.88 Å². The minimum absolute atomic E-state index is 0.177. The van der Waals surface area contributed by atoms with Gasteiger partial charge in [-0.25, -0.2) is 8.42 Å². The van der Waals surface area contributed by atoms with Gasteiger partial charge in [-0.15, -0.1) is 0 Å². The lowest BCUT2D eigenvalue weighted by molar-refractivity contribution is 0.342. The molecule has 0 atom stereocenters. The molecule has 0 aliphatic rings. The third-order valence-electron chi connectivity index (χ3n) is 2.47. The van der Waals surface area contributed by atoms with E-state index in [4.69, 9.17) is 0 Å². The molecule has 0 spiro atoms. The lowest BCUT2D eigenvalue weighted by Crippen LogP contribution is -2.25. The van der Waals surface area contributed by atoms with Crippen molar-refractivity contribution in [1.29, 1.82) is 0 Å². The normalized spacial score (nSPS) is 11.8. The van der Waals surface area contributed by atoms with Crippen LogP contribution in [0.5, 0.6) is 0 Å². The van der Waals surface area contributed by atoms with Crippen molar-refractivity contribution in [1.82, 2.24) is 9.88 Å². The summed E-state index contributed by atoms with van der Waals surface area (Å²) in [6.07, 6.45) is 3.02. The third-order valence-corrected chi connectivity index (χ3v) is 3.40. The first-order chi connectivity index (χ1) is 8.40. The molecule has 6 heteroatoms. The quantitative estimate of drug-likeness (QED) is 0.801. The molecule has 1 aromatic rings. The Morgan fingerprint density at radius 3 is 2.78 bits per heavy atom. The fraction of sp³-hybridized carbons (Fsp3) is 0.583. The highest BCUT2D eigenvalue weighted by Crippen LogP contribution is 2.09. The third kappa shape index (κ3) is 5.97. The van der Waals surface area contributed by atoms with Gasteiger partial charge in [0.1, 0.15) is 9.84 Å². The monoisotopic (exact) mass is 271 g/mol. The summed E-state index contributed by atoms with van der Waals surface area (Å²) in [5.74, 6) is 0.177. The van der Waals surface area contributed by atoms with Crippen molar-refractivity contribution >= 4 is 15.5 Å². The van der Waals surface area contributed by atoms with Gasteiger partial charge < -0.3 is 5.32 Å². The van der Waals surface area contributed by atoms with Gasteiger partial charge in [0.05, 0.1) is 11.4 Å². The minimum atomic E-state index is -2.90. The second-order valence-corrected chi connectivity index (χ2v) is 6.69. The minimum Gasteiger partial charge on any atom is -0.385 e. The molecule has 0 saturated carbocycles. The molecular formula is C12H21N3O2S. The van der Waals surface area contributed by atoms with Gasteiger partial charge >= 0.3 is 0 Å². The molecular weight excluding hydrogens is 250 g/mol. The van der Waals surface area contributed by atoms with Crippen molar-refractivity contribution in [2.75, 3.05) is 37.5 Å². The van der Waals surface area contributed by atoms with Crippen molar-refractivity contribution in [3.05, 3.63) is 24.0 Å². The van der Waals surface area contributed by atoms with Crippen molar-refractivity contribution in [3.63, 3.8) is 0 Å². The first kappa shape index (κ1) is 14.9. The second kappa shape index (κ2) is 6.70. The van der Waals surface area contributed by atoms with Crippen LogP contribution in [0.2, 0.25) is 0 Å². The molecule has 102 valence electrons. The average Bonchev–Trinajstić information content (AvgIpc) is 2.26. The van der Waals surface area contributed by atoms with Gasteiger partial charge in [0.25, 0.3) is 0 Å². The Morgan fingerprint density at radius 2 is 2.17 bits per heavy atom. The lowest BCUT2D eigenvalue weighted by Gasteiger charge is -2.16. The molecule has 18 heavy (non-hydrogen) atoms. The SMILES string of the molecule is CCNc1ccnc(CN(C)CCS(C)(=O)=O)c1. The van der Waals surface area contributed by atoms with Crippen LogP contribution >= 0.6 is 0 Å². The molecule has 1 heterocycles. The van der Waals surface area contributed by atoms with E-state index in [2.05, 4.69) is 10.3 Å². The number of nitrogens with one attached hydrogen (secondary N) is 1. The maximum Gasteiger partial charge on any atom is 0.148 e. The molecule has 0 aliphatic carbocycles.